The molecule has 1 aliphatic carbocycles. The third-order valence-corrected chi connectivity index (χ3v) is 8.89. The molecule has 1 aliphatic heterocycles. The van der Waals surface area contributed by atoms with Gasteiger partial charge >= 0.3 is 5.97 Å². The highest BCUT2D eigenvalue weighted by Crippen LogP contribution is 2.45. The van der Waals surface area contributed by atoms with Gasteiger partial charge in [-0.05, 0) is 62.4 Å². The Balaban J connectivity index is 1.40. The summed E-state index contributed by atoms with van der Waals surface area (Å²) >= 11 is 3.02. The van der Waals surface area contributed by atoms with Crippen LogP contribution < -0.4 is 10.2 Å². The molecule has 0 bridgehead atoms. The molecule has 0 saturated carbocycles. The SMILES string of the molecule is CCOC(=O)c1c(NC(=O)CN2C(=O)CC(c3ccco3)Sc3ccccc32)sc2c1CCCCC2. The highest BCUT2D eigenvalue weighted by Gasteiger charge is 2.32. The van der Waals surface area contributed by atoms with Gasteiger partial charge in [0.05, 0.1) is 29.4 Å². The molecule has 0 fully saturated rings. The second-order valence-corrected chi connectivity index (χ2v) is 11.2. The molecule has 188 valence electrons. The van der Waals surface area contributed by atoms with Crippen molar-refractivity contribution >= 4 is 51.6 Å². The van der Waals surface area contributed by atoms with Crippen LogP contribution in [0.1, 0.15) is 64.4 Å². The molecular formula is C27H28N2O5S2. The normalized spacial score (nSPS) is 17.5. The summed E-state index contributed by atoms with van der Waals surface area (Å²) < 4.78 is 10.9. The number of fused-ring (bicyclic) bond motifs is 2. The lowest BCUT2D eigenvalue weighted by atomic mass is 10.1. The fourth-order valence-electron chi connectivity index (χ4n) is 4.74. The van der Waals surface area contributed by atoms with E-state index in [4.69, 9.17) is 9.15 Å². The van der Waals surface area contributed by atoms with Crippen molar-refractivity contribution in [2.24, 2.45) is 0 Å². The van der Waals surface area contributed by atoms with Crippen LogP contribution in [0.5, 0.6) is 0 Å². The zero-order valence-electron chi connectivity index (χ0n) is 20.1. The number of rotatable bonds is 6. The van der Waals surface area contributed by atoms with Crippen molar-refractivity contribution < 1.29 is 23.5 Å². The Morgan fingerprint density at radius 3 is 2.78 bits per heavy atom. The molecule has 36 heavy (non-hydrogen) atoms. The highest BCUT2D eigenvalue weighted by molar-refractivity contribution is 7.99. The number of benzene rings is 1. The second kappa shape index (κ2) is 10.9. The smallest absolute Gasteiger partial charge is 0.341 e. The van der Waals surface area contributed by atoms with Gasteiger partial charge in [0.2, 0.25) is 11.8 Å². The van der Waals surface area contributed by atoms with Crippen molar-refractivity contribution in [3.8, 4) is 0 Å². The van der Waals surface area contributed by atoms with Crippen LogP contribution in [-0.2, 0) is 27.2 Å². The number of aryl methyl sites for hydroxylation is 1. The molecule has 1 N–H and O–H groups in total. The number of para-hydroxylation sites is 1. The van der Waals surface area contributed by atoms with Gasteiger partial charge in [0.25, 0.3) is 0 Å². The second-order valence-electron chi connectivity index (χ2n) is 8.81. The van der Waals surface area contributed by atoms with Crippen LogP contribution in [0.4, 0.5) is 10.7 Å². The number of thiophene rings is 1. The summed E-state index contributed by atoms with van der Waals surface area (Å²) in [6.07, 6.45) is 6.71. The topological polar surface area (TPSA) is 88.9 Å². The molecule has 3 heterocycles. The quantitative estimate of drug-likeness (QED) is 0.314. The Kier molecular flexibility index (Phi) is 7.48. The van der Waals surface area contributed by atoms with Gasteiger partial charge in [-0.25, -0.2) is 4.79 Å². The number of hydrogen-bond acceptors (Lipinski definition) is 7. The number of carbonyl (C=O) groups is 3. The maximum atomic E-state index is 13.3. The molecular weight excluding hydrogens is 496 g/mol. The van der Waals surface area contributed by atoms with E-state index >= 15 is 0 Å². The van der Waals surface area contributed by atoms with Crippen LogP contribution in [-0.4, -0.2) is 30.9 Å². The Bertz CT molecular complexity index is 1270. The summed E-state index contributed by atoms with van der Waals surface area (Å²) in [7, 11) is 0. The molecule has 3 aromatic rings. The van der Waals surface area contributed by atoms with Crippen LogP contribution in [0.2, 0.25) is 0 Å². The number of esters is 1. The number of amides is 2. The average molecular weight is 525 g/mol. The Morgan fingerprint density at radius 1 is 1.14 bits per heavy atom. The van der Waals surface area contributed by atoms with E-state index in [1.807, 2.05) is 36.4 Å². The molecule has 0 radical (unpaired) electrons. The number of anilines is 2. The van der Waals surface area contributed by atoms with E-state index in [2.05, 4.69) is 5.32 Å². The lowest BCUT2D eigenvalue weighted by Gasteiger charge is -2.22. The van der Waals surface area contributed by atoms with Gasteiger partial charge < -0.3 is 19.4 Å². The average Bonchev–Trinajstić information content (AvgIpc) is 3.42. The third kappa shape index (κ3) is 5.08. The maximum Gasteiger partial charge on any atom is 0.341 e. The van der Waals surface area contributed by atoms with Crippen LogP contribution in [0.3, 0.4) is 0 Å². The molecule has 2 aromatic heterocycles. The lowest BCUT2D eigenvalue weighted by Crippen LogP contribution is -2.38. The predicted octanol–water partition coefficient (Wildman–Crippen LogP) is 6.00. The van der Waals surface area contributed by atoms with Crippen LogP contribution in [0, 0.1) is 0 Å². The number of nitrogens with zero attached hydrogens (tertiary/aromatic N) is 1. The maximum absolute atomic E-state index is 13.3. The van der Waals surface area contributed by atoms with Gasteiger partial charge in [0, 0.05) is 16.2 Å². The van der Waals surface area contributed by atoms with Crippen molar-refractivity contribution in [1.29, 1.82) is 0 Å². The summed E-state index contributed by atoms with van der Waals surface area (Å²) in [6.45, 7) is 1.90. The number of hydrogen-bond donors (Lipinski definition) is 1. The largest absolute Gasteiger partial charge is 0.468 e. The monoisotopic (exact) mass is 524 g/mol. The number of carbonyl (C=O) groups excluding carboxylic acids is 3. The predicted molar refractivity (Wildman–Crippen MR) is 141 cm³/mol. The highest BCUT2D eigenvalue weighted by atomic mass is 32.2. The molecule has 1 aromatic carbocycles. The minimum absolute atomic E-state index is 0.147. The van der Waals surface area contributed by atoms with E-state index in [0.717, 1.165) is 53.2 Å². The van der Waals surface area contributed by atoms with Gasteiger partial charge in [-0.3, -0.25) is 9.59 Å². The first-order valence-electron chi connectivity index (χ1n) is 12.3. The Morgan fingerprint density at radius 2 is 1.97 bits per heavy atom. The van der Waals surface area contributed by atoms with Crippen LogP contribution in [0.15, 0.2) is 52.0 Å². The van der Waals surface area contributed by atoms with Crippen molar-refractivity contribution in [3.05, 3.63) is 64.4 Å². The van der Waals surface area contributed by atoms with Crippen molar-refractivity contribution in [3.63, 3.8) is 0 Å². The van der Waals surface area contributed by atoms with Gasteiger partial charge in [0.15, 0.2) is 0 Å². The minimum Gasteiger partial charge on any atom is -0.468 e. The standard InChI is InChI=1S/C27H28N2O5S2/c1-2-33-27(32)25-17-9-4-3-5-12-20(17)36-26(25)28-23(30)16-29-18-10-6-7-13-21(18)35-22(15-24(29)31)19-11-8-14-34-19/h6-8,10-11,13-14,22H,2-5,9,12,15-16H2,1H3,(H,28,30). The summed E-state index contributed by atoms with van der Waals surface area (Å²) in [6, 6.07) is 11.3. The lowest BCUT2D eigenvalue weighted by molar-refractivity contribution is -0.121. The number of ether oxygens (including phenoxy) is 1. The number of nitrogens with one attached hydrogen (secondary N) is 1. The molecule has 2 amide bonds. The first kappa shape index (κ1) is 24.6. The van der Waals surface area contributed by atoms with Crippen LogP contribution in [0.25, 0.3) is 0 Å². The summed E-state index contributed by atoms with van der Waals surface area (Å²) in [4.78, 5) is 43.1. The molecule has 2 aliphatic rings. The molecule has 1 unspecified atom stereocenters. The van der Waals surface area contributed by atoms with Crippen molar-refractivity contribution in [2.75, 3.05) is 23.4 Å². The van der Waals surface area contributed by atoms with E-state index in [-0.39, 0.29) is 36.6 Å². The molecule has 0 spiro atoms. The third-order valence-electron chi connectivity index (χ3n) is 6.40. The van der Waals surface area contributed by atoms with Crippen molar-refractivity contribution in [2.45, 2.75) is 55.6 Å². The molecule has 0 saturated heterocycles. The van der Waals surface area contributed by atoms with E-state index in [0.29, 0.717) is 16.3 Å². The molecule has 5 rings (SSSR count). The number of furan rings is 1. The van der Waals surface area contributed by atoms with E-state index < -0.39 is 5.97 Å². The molecule has 7 nitrogen and oxygen atoms in total. The minimum atomic E-state index is -0.402. The number of thioether (sulfide) groups is 1. The summed E-state index contributed by atoms with van der Waals surface area (Å²) in [5.74, 6) is -0.173. The van der Waals surface area contributed by atoms with Gasteiger partial charge in [-0.1, -0.05) is 18.6 Å². The fourth-order valence-corrected chi connectivity index (χ4v) is 7.28. The van der Waals surface area contributed by atoms with Gasteiger partial charge in [0.1, 0.15) is 17.3 Å². The molecule has 9 heteroatoms. The van der Waals surface area contributed by atoms with E-state index in [1.54, 1.807) is 24.9 Å². The first-order valence-corrected chi connectivity index (χ1v) is 14.0. The zero-order chi connectivity index (χ0) is 25.1. The Labute approximate surface area is 218 Å². The fraction of sp³-hybridized carbons (Fsp3) is 0.370. The van der Waals surface area contributed by atoms with Crippen molar-refractivity contribution in [1.82, 2.24) is 0 Å². The molecule has 1 atom stereocenters. The van der Waals surface area contributed by atoms with Crippen LogP contribution >= 0.6 is 23.1 Å². The van der Waals surface area contributed by atoms with Gasteiger partial charge in [-0.15, -0.1) is 23.1 Å². The zero-order valence-corrected chi connectivity index (χ0v) is 21.7. The summed E-state index contributed by atoms with van der Waals surface area (Å²) in [5, 5.41) is 3.29. The first-order chi connectivity index (χ1) is 17.5. The van der Waals surface area contributed by atoms with Gasteiger partial charge in [-0.2, -0.15) is 0 Å². The Hall–Kier alpha value is -3.04. The van der Waals surface area contributed by atoms with E-state index in [1.165, 1.54) is 16.2 Å². The van der Waals surface area contributed by atoms with E-state index in [9.17, 15) is 14.4 Å². The summed E-state index contributed by atoms with van der Waals surface area (Å²) in [5.41, 5.74) is 2.17.